The van der Waals surface area contributed by atoms with Crippen molar-refractivity contribution in [1.29, 1.82) is 0 Å². The number of rotatable bonds is 3. The summed E-state index contributed by atoms with van der Waals surface area (Å²) in [4.78, 5) is 2.51. The molecule has 110 valence electrons. The van der Waals surface area contributed by atoms with Gasteiger partial charge in [-0.2, -0.15) is 0 Å². The van der Waals surface area contributed by atoms with Gasteiger partial charge in [0.2, 0.25) is 0 Å². The minimum atomic E-state index is -0.141. The second-order valence-corrected chi connectivity index (χ2v) is 6.35. The highest BCUT2D eigenvalue weighted by molar-refractivity contribution is 5.15. The molecule has 20 heavy (non-hydrogen) atoms. The van der Waals surface area contributed by atoms with Crippen molar-refractivity contribution in [2.24, 2.45) is 11.8 Å². The van der Waals surface area contributed by atoms with E-state index in [0.717, 1.165) is 18.4 Å². The molecule has 2 aliphatic rings. The minimum Gasteiger partial charge on any atom is -0.316 e. The van der Waals surface area contributed by atoms with Crippen LogP contribution in [0.1, 0.15) is 31.2 Å². The van der Waals surface area contributed by atoms with Gasteiger partial charge in [-0.25, -0.2) is 4.39 Å². The number of hydrogen-bond acceptors (Lipinski definition) is 2. The first-order valence-corrected chi connectivity index (χ1v) is 7.99. The highest BCUT2D eigenvalue weighted by Gasteiger charge is 2.27. The van der Waals surface area contributed by atoms with Gasteiger partial charge in [0.15, 0.2) is 0 Å². The molecule has 2 aliphatic heterocycles. The first-order valence-electron chi connectivity index (χ1n) is 7.99. The van der Waals surface area contributed by atoms with Gasteiger partial charge < -0.3 is 5.32 Å². The van der Waals surface area contributed by atoms with Crippen LogP contribution < -0.4 is 5.32 Å². The average molecular weight is 276 g/mol. The van der Waals surface area contributed by atoms with Crippen molar-refractivity contribution < 1.29 is 4.39 Å². The number of likely N-dealkylation sites (tertiary alicyclic amines) is 1. The summed E-state index contributed by atoms with van der Waals surface area (Å²) in [7, 11) is 0. The number of nitrogens with zero attached hydrogens (tertiary/aromatic N) is 1. The molecule has 0 spiro atoms. The van der Waals surface area contributed by atoms with Gasteiger partial charge >= 0.3 is 0 Å². The molecule has 1 N–H and O–H groups in total. The maximum absolute atomic E-state index is 12.9. The molecule has 2 nitrogen and oxygen atoms in total. The summed E-state index contributed by atoms with van der Waals surface area (Å²) in [5.41, 5.74) is 1.23. The van der Waals surface area contributed by atoms with E-state index in [9.17, 15) is 4.39 Å². The van der Waals surface area contributed by atoms with Crippen molar-refractivity contribution in [1.82, 2.24) is 10.2 Å². The molecule has 0 bridgehead atoms. The summed E-state index contributed by atoms with van der Waals surface area (Å²) in [6.07, 6.45) is 5.41. The number of benzene rings is 1. The Bertz CT molecular complexity index is 404. The monoisotopic (exact) mass is 276 g/mol. The van der Waals surface area contributed by atoms with E-state index in [1.165, 1.54) is 57.4 Å². The summed E-state index contributed by atoms with van der Waals surface area (Å²) in [5.74, 6) is 1.67. The smallest absolute Gasteiger partial charge is 0.123 e. The average Bonchev–Trinajstić information content (AvgIpc) is 2.51. The Kier molecular flexibility index (Phi) is 4.69. The Labute approximate surface area is 121 Å². The zero-order valence-corrected chi connectivity index (χ0v) is 12.2. The molecule has 0 amide bonds. The molecule has 2 fully saturated rings. The van der Waals surface area contributed by atoms with Crippen LogP contribution in [0.4, 0.5) is 4.39 Å². The molecule has 0 aromatic heterocycles. The molecular weight excluding hydrogens is 251 g/mol. The van der Waals surface area contributed by atoms with Gasteiger partial charge in [-0.15, -0.1) is 0 Å². The predicted molar refractivity (Wildman–Crippen MR) is 80.0 cm³/mol. The van der Waals surface area contributed by atoms with Crippen LogP contribution >= 0.6 is 0 Å². The van der Waals surface area contributed by atoms with Gasteiger partial charge in [-0.05, 0) is 81.4 Å². The van der Waals surface area contributed by atoms with E-state index in [1.54, 1.807) is 12.1 Å². The number of piperidine rings is 2. The molecule has 2 saturated heterocycles. The lowest BCUT2D eigenvalue weighted by Crippen LogP contribution is -2.40. The maximum atomic E-state index is 12.9. The van der Waals surface area contributed by atoms with E-state index in [2.05, 4.69) is 10.2 Å². The molecule has 1 atom stereocenters. The third-order valence-corrected chi connectivity index (χ3v) is 4.95. The van der Waals surface area contributed by atoms with E-state index in [1.807, 2.05) is 12.1 Å². The third-order valence-electron chi connectivity index (χ3n) is 4.95. The SMILES string of the molecule is Fc1ccc(CN2CCC(C3CCCNC3)CC2)cc1. The standard InChI is InChI=1S/C17H25FN2/c18-17-5-3-14(4-6-17)13-20-10-7-15(8-11-20)16-2-1-9-19-12-16/h3-6,15-16,19H,1-2,7-13H2. The highest BCUT2D eigenvalue weighted by atomic mass is 19.1. The zero-order chi connectivity index (χ0) is 13.8. The van der Waals surface area contributed by atoms with Gasteiger partial charge in [0.25, 0.3) is 0 Å². The molecule has 1 aromatic carbocycles. The normalized spacial score (nSPS) is 25.8. The lowest BCUT2D eigenvalue weighted by molar-refractivity contribution is 0.128. The summed E-state index contributed by atoms with van der Waals surface area (Å²) in [5, 5.41) is 3.54. The molecule has 1 aromatic rings. The molecule has 2 heterocycles. The topological polar surface area (TPSA) is 15.3 Å². The van der Waals surface area contributed by atoms with Crippen LogP contribution in [-0.2, 0) is 6.54 Å². The lowest BCUT2D eigenvalue weighted by Gasteiger charge is -2.37. The Morgan fingerprint density at radius 1 is 1.05 bits per heavy atom. The van der Waals surface area contributed by atoms with Crippen molar-refractivity contribution in [3.05, 3.63) is 35.6 Å². The summed E-state index contributed by atoms with van der Waals surface area (Å²) < 4.78 is 12.9. The van der Waals surface area contributed by atoms with Gasteiger partial charge in [0.05, 0.1) is 0 Å². The van der Waals surface area contributed by atoms with Gasteiger partial charge in [0.1, 0.15) is 5.82 Å². The van der Waals surface area contributed by atoms with Crippen LogP contribution in [0.2, 0.25) is 0 Å². The van der Waals surface area contributed by atoms with Gasteiger partial charge in [-0.3, -0.25) is 4.90 Å². The van der Waals surface area contributed by atoms with E-state index in [0.29, 0.717) is 0 Å². The molecular formula is C17H25FN2. The van der Waals surface area contributed by atoms with E-state index in [-0.39, 0.29) is 5.82 Å². The number of hydrogen-bond donors (Lipinski definition) is 1. The highest BCUT2D eigenvalue weighted by Crippen LogP contribution is 2.29. The van der Waals surface area contributed by atoms with E-state index < -0.39 is 0 Å². The van der Waals surface area contributed by atoms with Crippen LogP contribution in [0, 0.1) is 17.7 Å². The van der Waals surface area contributed by atoms with Crippen molar-refractivity contribution in [3.8, 4) is 0 Å². The van der Waals surface area contributed by atoms with Crippen LogP contribution in [0.3, 0.4) is 0 Å². The molecule has 3 rings (SSSR count). The molecule has 3 heteroatoms. The van der Waals surface area contributed by atoms with Crippen molar-refractivity contribution in [2.45, 2.75) is 32.2 Å². The van der Waals surface area contributed by atoms with Gasteiger partial charge in [-0.1, -0.05) is 12.1 Å². The minimum absolute atomic E-state index is 0.141. The van der Waals surface area contributed by atoms with E-state index in [4.69, 9.17) is 0 Å². The Morgan fingerprint density at radius 3 is 2.45 bits per heavy atom. The largest absolute Gasteiger partial charge is 0.316 e. The van der Waals surface area contributed by atoms with Crippen molar-refractivity contribution in [2.75, 3.05) is 26.2 Å². The van der Waals surface area contributed by atoms with Crippen LogP contribution in [0.5, 0.6) is 0 Å². The van der Waals surface area contributed by atoms with Crippen LogP contribution in [0.15, 0.2) is 24.3 Å². The lowest BCUT2D eigenvalue weighted by atomic mass is 9.80. The second kappa shape index (κ2) is 6.68. The van der Waals surface area contributed by atoms with Crippen LogP contribution in [0.25, 0.3) is 0 Å². The fraction of sp³-hybridized carbons (Fsp3) is 0.647. The summed E-state index contributed by atoms with van der Waals surface area (Å²) in [6.45, 7) is 5.79. The fourth-order valence-electron chi connectivity index (χ4n) is 3.71. The molecule has 0 radical (unpaired) electrons. The Balaban J connectivity index is 1.47. The second-order valence-electron chi connectivity index (χ2n) is 6.35. The fourth-order valence-corrected chi connectivity index (χ4v) is 3.71. The molecule has 0 aliphatic carbocycles. The maximum Gasteiger partial charge on any atom is 0.123 e. The molecule has 0 saturated carbocycles. The van der Waals surface area contributed by atoms with Crippen LogP contribution in [-0.4, -0.2) is 31.1 Å². The Morgan fingerprint density at radius 2 is 1.80 bits per heavy atom. The third kappa shape index (κ3) is 3.58. The summed E-state index contributed by atoms with van der Waals surface area (Å²) in [6, 6.07) is 6.95. The predicted octanol–water partition coefficient (Wildman–Crippen LogP) is 3.04. The van der Waals surface area contributed by atoms with Crippen molar-refractivity contribution in [3.63, 3.8) is 0 Å². The van der Waals surface area contributed by atoms with Crippen molar-refractivity contribution >= 4 is 0 Å². The number of halogens is 1. The molecule has 1 unspecified atom stereocenters. The quantitative estimate of drug-likeness (QED) is 0.913. The summed E-state index contributed by atoms with van der Waals surface area (Å²) >= 11 is 0. The zero-order valence-electron chi connectivity index (χ0n) is 12.2. The first-order chi connectivity index (χ1) is 9.81. The number of nitrogens with one attached hydrogen (secondary N) is 1. The Hall–Kier alpha value is -0.930. The van der Waals surface area contributed by atoms with Gasteiger partial charge in [0, 0.05) is 6.54 Å². The first kappa shape index (κ1) is 14.0. The van der Waals surface area contributed by atoms with E-state index >= 15 is 0 Å².